The maximum Gasteiger partial charge on any atom is 0.0591 e. The van der Waals surface area contributed by atoms with E-state index in [1.54, 1.807) is 0 Å². The maximum absolute atomic E-state index is 9.37. The molecule has 0 heterocycles. The van der Waals surface area contributed by atoms with Crippen LogP contribution in [0.3, 0.4) is 0 Å². The lowest BCUT2D eigenvalue weighted by molar-refractivity contribution is 0.0674. The van der Waals surface area contributed by atoms with Crippen LogP contribution < -0.4 is 0 Å². The predicted octanol–water partition coefficient (Wildman–Crippen LogP) is 6.24. The van der Waals surface area contributed by atoms with Crippen molar-refractivity contribution >= 4 is 0 Å². The SMILES string of the molecule is CCCCCCCC(C)(C)O.CCCCCCCC(C)(C)O. The van der Waals surface area contributed by atoms with Crippen molar-refractivity contribution in [3.63, 3.8) is 0 Å². The Morgan fingerprint density at radius 3 is 1.00 bits per heavy atom. The van der Waals surface area contributed by atoms with Crippen molar-refractivity contribution in [2.45, 2.75) is 130 Å². The average Bonchev–Trinajstić information content (AvgIpc) is 2.36. The van der Waals surface area contributed by atoms with Gasteiger partial charge in [-0.1, -0.05) is 78.1 Å². The van der Waals surface area contributed by atoms with Gasteiger partial charge in [0.1, 0.15) is 0 Å². The molecule has 0 saturated heterocycles. The zero-order valence-corrected chi connectivity index (χ0v) is 16.4. The molecule has 0 aromatic heterocycles. The van der Waals surface area contributed by atoms with Gasteiger partial charge in [-0.2, -0.15) is 0 Å². The molecule has 22 heavy (non-hydrogen) atoms. The van der Waals surface area contributed by atoms with Crippen LogP contribution in [0.2, 0.25) is 0 Å². The van der Waals surface area contributed by atoms with Gasteiger partial charge < -0.3 is 10.2 Å². The van der Waals surface area contributed by atoms with E-state index >= 15 is 0 Å². The van der Waals surface area contributed by atoms with Crippen molar-refractivity contribution < 1.29 is 10.2 Å². The second-order valence-electron chi connectivity index (χ2n) is 7.95. The molecule has 2 N–H and O–H groups in total. The standard InChI is InChI=1S/2C10H22O/c2*1-4-5-6-7-8-9-10(2,3)11/h2*11H,4-9H2,1-3H3. The largest absolute Gasteiger partial charge is 0.390 e. The zero-order chi connectivity index (χ0) is 17.5. The first-order valence-corrected chi connectivity index (χ1v) is 9.57. The van der Waals surface area contributed by atoms with E-state index < -0.39 is 11.2 Å². The van der Waals surface area contributed by atoms with Crippen molar-refractivity contribution in [2.24, 2.45) is 0 Å². The summed E-state index contributed by atoms with van der Waals surface area (Å²) in [7, 11) is 0. The Morgan fingerprint density at radius 1 is 0.500 bits per heavy atom. The van der Waals surface area contributed by atoms with Crippen LogP contribution in [-0.2, 0) is 0 Å². The number of hydrogen-bond acceptors (Lipinski definition) is 2. The summed E-state index contributed by atoms with van der Waals surface area (Å²) >= 11 is 0. The molecule has 0 bridgehead atoms. The molecule has 2 heteroatoms. The van der Waals surface area contributed by atoms with Crippen LogP contribution >= 0.6 is 0 Å². The van der Waals surface area contributed by atoms with Gasteiger partial charge in [-0.05, 0) is 40.5 Å². The number of unbranched alkanes of at least 4 members (excludes halogenated alkanes) is 8. The van der Waals surface area contributed by atoms with Crippen molar-refractivity contribution in [1.29, 1.82) is 0 Å². The van der Waals surface area contributed by atoms with Crippen molar-refractivity contribution in [2.75, 3.05) is 0 Å². The number of hydrogen-bond donors (Lipinski definition) is 2. The molecule has 0 aliphatic rings. The highest BCUT2D eigenvalue weighted by molar-refractivity contribution is 4.64. The lowest BCUT2D eigenvalue weighted by Gasteiger charge is -2.16. The highest BCUT2D eigenvalue weighted by atomic mass is 16.3. The summed E-state index contributed by atoms with van der Waals surface area (Å²) < 4.78 is 0. The zero-order valence-electron chi connectivity index (χ0n) is 16.4. The van der Waals surface area contributed by atoms with E-state index in [-0.39, 0.29) is 0 Å². The van der Waals surface area contributed by atoms with Gasteiger partial charge >= 0.3 is 0 Å². The molecule has 0 unspecified atom stereocenters. The Morgan fingerprint density at radius 2 is 0.773 bits per heavy atom. The summed E-state index contributed by atoms with van der Waals surface area (Å²) in [6, 6.07) is 0. The molecule has 0 fully saturated rings. The van der Waals surface area contributed by atoms with Gasteiger partial charge in [0.25, 0.3) is 0 Å². The third-order valence-corrected chi connectivity index (χ3v) is 3.78. The molecular formula is C20H44O2. The lowest BCUT2D eigenvalue weighted by Crippen LogP contribution is -2.17. The molecule has 136 valence electrons. The Bertz CT molecular complexity index is 187. The molecule has 0 aliphatic carbocycles. The van der Waals surface area contributed by atoms with Crippen molar-refractivity contribution in [3.8, 4) is 0 Å². The van der Waals surface area contributed by atoms with Crippen LogP contribution in [0, 0.1) is 0 Å². The highest BCUT2D eigenvalue weighted by Gasteiger charge is 2.11. The Labute approximate surface area is 140 Å². The average molecular weight is 317 g/mol. The summed E-state index contributed by atoms with van der Waals surface area (Å²) in [6.07, 6.45) is 14.7. The molecule has 0 amide bonds. The second-order valence-corrected chi connectivity index (χ2v) is 7.95. The molecule has 0 atom stereocenters. The summed E-state index contributed by atoms with van der Waals surface area (Å²) in [6.45, 7) is 12.0. The van der Waals surface area contributed by atoms with Crippen LogP contribution in [0.1, 0.15) is 119 Å². The lowest BCUT2D eigenvalue weighted by atomic mass is 10.0. The second kappa shape index (κ2) is 14.5. The molecule has 0 aliphatic heterocycles. The fourth-order valence-corrected chi connectivity index (χ4v) is 2.32. The van der Waals surface area contributed by atoms with Gasteiger partial charge in [-0.25, -0.2) is 0 Å². The highest BCUT2D eigenvalue weighted by Crippen LogP contribution is 2.14. The molecule has 0 saturated carbocycles. The fraction of sp³-hybridized carbons (Fsp3) is 1.00. The molecular weight excluding hydrogens is 272 g/mol. The van der Waals surface area contributed by atoms with Gasteiger partial charge in [-0.3, -0.25) is 0 Å². The molecule has 2 nitrogen and oxygen atoms in total. The predicted molar refractivity (Wildman–Crippen MR) is 99.3 cm³/mol. The van der Waals surface area contributed by atoms with Gasteiger partial charge in [0.05, 0.1) is 11.2 Å². The number of aliphatic hydroxyl groups is 2. The monoisotopic (exact) mass is 316 g/mol. The summed E-state index contributed by atoms with van der Waals surface area (Å²) in [5.41, 5.74) is -0.904. The minimum Gasteiger partial charge on any atom is -0.390 e. The smallest absolute Gasteiger partial charge is 0.0591 e. The first-order valence-electron chi connectivity index (χ1n) is 9.57. The van der Waals surface area contributed by atoms with Crippen molar-refractivity contribution in [1.82, 2.24) is 0 Å². The van der Waals surface area contributed by atoms with E-state index in [0.29, 0.717) is 0 Å². The maximum atomic E-state index is 9.37. The van der Waals surface area contributed by atoms with Crippen molar-refractivity contribution in [3.05, 3.63) is 0 Å². The van der Waals surface area contributed by atoms with Crippen LogP contribution in [0.15, 0.2) is 0 Å². The van der Waals surface area contributed by atoms with E-state index in [0.717, 1.165) is 12.8 Å². The van der Waals surface area contributed by atoms with E-state index in [4.69, 9.17) is 0 Å². The topological polar surface area (TPSA) is 40.5 Å². The summed E-state index contributed by atoms with van der Waals surface area (Å²) in [5.74, 6) is 0. The van der Waals surface area contributed by atoms with Crippen LogP contribution in [0.4, 0.5) is 0 Å². The minimum absolute atomic E-state index is 0.452. The van der Waals surface area contributed by atoms with E-state index in [1.165, 1.54) is 64.2 Å². The first-order chi connectivity index (χ1) is 10.1. The van der Waals surface area contributed by atoms with Gasteiger partial charge in [0.2, 0.25) is 0 Å². The fourth-order valence-electron chi connectivity index (χ4n) is 2.32. The Balaban J connectivity index is 0. The first kappa shape index (κ1) is 24.2. The van der Waals surface area contributed by atoms with Gasteiger partial charge in [0, 0.05) is 0 Å². The summed E-state index contributed by atoms with van der Waals surface area (Å²) in [5, 5.41) is 18.7. The van der Waals surface area contributed by atoms with Crippen LogP contribution in [0.25, 0.3) is 0 Å². The molecule has 0 aromatic carbocycles. The van der Waals surface area contributed by atoms with E-state index in [2.05, 4.69) is 13.8 Å². The molecule has 0 aromatic rings. The van der Waals surface area contributed by atoms with E-state index in [1.807, 2.05) is 27.7 Å². The molecule has 0 rings (SSSR count). The third-order valence-electron chi connectivity index (χ3n) is 3.78. The number of rotatable bonds is 12. The molecule has 0 spiro atoms. The Hall–Kier alpha value is -0.0800. The third kappa shape index (κ3) is 28.1. The van der Waals surface area contributed by atoms with Gasteiger partial charge in [-0.15, -0.1) is 0 Å². The normalized spacial score (nSPS) is 12.0. The van der Waals surface area contributed by atoms with Crippen LogP contribution in [0.5, 0.6) is 0 Å². The minimum atomic E-state index is -0.452. The van der Waals surface area contributed by atoms with Crippen LogP contribution in [-0.4, -0.2) is 21.4 Å². The summed E-state index contributed by atoms with van der Waals surface area (Å²) in [4.78, 5) is 0. The quantitative estimate of drug-likeness (QED) is 0.419. The Kier molecular flexibility index (Phi) is 15.9. The molecule has 0 radical (unpaired) electrons. The van der Waals surface area contributed by atoms with Gasteiger partial charge in [0.15, 0.2) is 0 Å². The van der Waals surface area contributed by atoms with E-state index in [9.17, 15) is 10.2 Å².